The monoisotopic (exact) mass is 415 g/mol. The molecule has 0 aliphatic carbocycles. The van der Waals surface area contributed by atoms with Gasteiger partial charge in [0.1, 0.15) is 4.90 Å². The number of halogens is 2. The minimum Gasteiger partial charge on any atom is -0.344 e. The first-order valence-electron chi connectivity index (χ1n) is 7.85. The van der Waals surface area contributed by atoms with Crippen molar-refractivity contribution in [3.63, 3.8) is 0 Å². The summed E-state index contributed by atoms with van der Waals surface area (Å²) in [4.78, 5) is 16.6. The van der Waals surface area contributed by atoms with Crippen LogP contribution >= 0.6 is 23.2 Å². The van der Waals surface area contributed by atoms with Crippen molar-refractivity contribution < 1.29 is 13.2 Å². The number of rotatable bonds is 6. The maximum atomic E-state index is 12.6. The summed E-state index contributed by atoms with van der Waals surface area (Å²) in [5, 5.41) is 2.56. The molecular formula is C17H19Cl2N3O3S. The van der Waals surface area contributed by atoms with Gasteiger partial charge in [-0.05, 0) is 45.0 Å². The van der Waals surface area contributed by atoms with Gasteiger partial charge in [-0.15, -0.1) is 0 Å². The van der Waals surface area contributed by atoms with E-state index in [1.807, 2.05) is 0 Å². The first-order chi connectivity index (χ1) is 12.1. The number of hydrogen-bond donors (Lipinski definition) is 2. The first-order valence-corrected chi connectivity index (χ1v) is 10.1. The summed E-state index contributed by atoms with van der Waals surface area (Å²) < 4.78 is 27.3. The van der Waals surface area contributed by atoms with Crippen molar-refractivity contribution in [3.05, 3.63) is 57.8 Å². The molecule has 0 aliphatic rings. The normalized spacial score (nSPS) is 12.8. The zero-order valence-electron chi connectivity index (χ0n) is 14.5. The highest BCUT2D eigenvalue weighted by atomic mass is 35.5. The molecule has 0 aliphatic heterocycles. The Bertz CT molecular complexity index is 903. The highest BCUT2D eigenvalue weighted by Gasteiger charge is 2.26. The predicted octanol–water partition coefficient (Wildman–Crippen LogP) is 3.57. The van der Waals surface area contributed by atoms with Crippen LogP contribution in [0.25, 0.3) is 0 Å². The molecule has 6 nitrogen and oxygen atoms in total. The molecule has 1 aromatic carbocycles. The Balaban J connectivity index is 2.37. The zero-order chi connectivity index (χ0) is 19.5. The summed E-state index contributed by atoms with van der Waals surface area (Å²) in [6.07, 6.45) is 1.61. The van der Waals surface area contributed by atoms with Crippen molar-refractivity contribution in [2.24, 2.45) is 0 Å². The molecule has 0 spiro atoms. The topological polar surface area (TPSA) is 88.2 Å². The number of sulfonamides is 1. The molecule has 1 heterocycles. The predicted molar refractivity (Wildman–Crippen MR) is 102 cm³/mol. The number of carbonyl (C=O) groups excluding carboxylic acids is 1. The lowest BCUT2D eigenvalue weighted by atomic mass is 10.1. The van der Waals surface area contributed by atoms with E-state index >= 15 is 0 Å². The van der Waals surface area contributed by atoms with E-state index in [1.54, 1.807) is 45.2 Å². The Hall–Kier alpha value is -1.67. The number of aromatic nitrogens is 1. The maximum Gasteiger partial charge on any atom is 0.254 e. The summed E-state index contributed by atoms with van der Waals surface area (Å²) in [6, 6.07) is 7.20. The molecule has 0 bridgehead atoms. The van der Waals surface area contributed by atoms with Gasteiger partial charge in [-0.3, -0.25) is 9.78 Å². The number of amides is 1. The molecule has 0 saturated carbocycles. The molecule has 140 valence electrons. The standard InChI is InChI=1S/C17H19Cl2N3O3S/c1-10(2)22-26(24,25)14-8-7-12(18)15(16(14)19)17(23)21-11(3)13-6-4-5-9-20-13/h4-11,22H,1-3H3,(H,21,23). The fourth-order valence-corrected chi connectivity index (χ4v) is 4.48. The van der Waals surface area contributed by atoms with Crippen molar-refractivity contribution in [2.45, 2.75) is 37.8 Å². The summed E-state index contributed by atoms with van der Waals surface area (Å²) in [5.74, 6) is -0.584. The molecule has 0 saturated heterocycles. The van der Waals surface area contributed by atoms with Crippen LogP contribution in [0.15, 0.2) is 41.4 Å². The third-order valence-corrected chi connectivity index (χ3v) is 5.96. The molecular weight excluding hydrogens is 397 g/mol. The van der Waals surface area contributed by atoms with Crippen LogP contribution in [0.4, 0.5) is 0 Å². The fourth-order valence-electron chi connectivity index (χ4n) is 2.30. The fraction of sp³-hybridized carbons (Fsp3) is 0.294. The second-order valence-electron chi connectivity index (χ2n) is 5.96. The molecule has 26 heavy (non-hydrogen) atoms. The lowest BCUT2D eigenvalue weighted by Crippen LogP contribution is -2.31. The van der Waals surface area contributed by atoms with Gasteiger partial charge in [-0.25, -0.2) is 13.1 Å². The second-order valence-corrected chi connectivity index (χ2v) is 8.43. The molecule has 1 atom stereocenters. The van der Waals surface area contributed by atoms with Crippen molar-refractivity contribution in [1.29, 1.82) is 0 Å². The van der Waals surface area contributed by atoms with E-state index in [9.17, 15) is 13.2 Å². The Morgan fingerprint density at radius 1 is 1.12 bits per heavy atom. The van der Waals surface area contributed by atoms with Crippen LogP contribution in [-0.2, 0) is 10.0 Å². The Morgan fingerprint density at radius 3 is 2.38 bits per heavy atom. The average Bonchev–Trinajstić information content (AvgIpc) is 2.54. The van der Waals surface area contributed by atoms with Gasteiger partial charge in [0.05, 0.1) is 27.3 Å². The largest absolute Gasteiger partial charge is 0.344 e. The van der Waals surface area contributed by atoms with Gasteiger partial charge in [0.15, 0.2) is 0 Å². The lowest BCUT2D eigenvalue weighted by Gasteiger charge is -2.17. The summed E-state index contributed by atoms with van der Waals surface area (Å²) in [6.45, 7) is 5.12. The Kier molecular flexibility index (Phi) is 6.63. The number of benzene rings is 1. The Morgan fingerprint density at radius 2 is 1.81 bits per heavy atom. The van der Waals surface area contributed by atoms with E-state index in [2.05, 4.69) is 15.0 Å². The SMILES string of the molecule is CC(C)NS(=O)(=O)c1ccc(Cl)c(C(=O)NC(C)c2ccccn2)c1Cl. The van der Waals surface area contributed by atoms with E-state index < -0.39 is 22.0 Å². The van der Waals surface area contributed by atoms with E-state index in [1.165, 1.54) is 12.1 Å². The van der Waals surface area contributed by atoms with Crippen molar-refractivity contribution in [3.8, 4) is 0 Å². The number of carbonyl (C=O) groups is 1. The van der Waals surface area contributed by atoms with E-state index in [-0.39, 0.29) is 26.5 Å². The van der Waals surface area contributed by atoms with Crippen LogP contribution in [-0.4, -0.2) is 25.4 Å². The molecule has 0 radical (unpaired) electrons. The maximum absolute atomic E-state index is 12.6. The third-order valence-electron chi connectivity index (χ3n) is 3.44. The molecule has 0 fully saturated rings. The van der Waals surface area contributed by atoms with Crippen LogP contribution in [0.5, 0.6) is 0 Å². The lowest BCUT2D eigenvalue weighted by molar-refractivity contribution is 0.0939. The van der Waals surface area contributed by atoms with Gasteiger partial charge in [0.25, 0.3) is 5.91 Å². The van der Waals surface area contributed by atoms with E-state index in [0.717, 1.165) is 0 Å². The highest BCUT2D eigenvalue weighted by molar-refractivity contribution is 7.89. The molecule has 9 heteroatoms. The smallest absolute Gasteiger partial charge is 0.254 e. The van der Waals surface area contributed by atoms with Gasteiger partial charge >= 0.3 is 0 Å². The summed E-state index contributed by atoms with van der Waals surface area (Å²) in [7, 11) is -3.88. The molecule has 1 unspecified atom stereocenters. The molecule has 1 aromatic heterocycles. The van der Waals surface area contributed by atoms with Crippen LogP contribution in [0, 0.1) is 0 Å². The number of nitrogens with one attached hydrogen (secondary N) is 2. The second kappa shape index (κ2) is 8.35. The van der Waals surface area contributed by atoms with Crippen molar-refractivity contribution >= 4 is 39.1 Å². The average molecular weight is 416 g/mol. The minimum atomic E-state index is -3.88. The van der Waals surface area contributed by atoms with Crippen LogP contribution in [0.3, 0.4) is 0 Å². The summed E-state index contributed by atoms with van der Waals surface area (Å²) >= 11 is 12.3. The number of pyridine rings is 1. The minimum absolute atomic E-state index is 0.0595. The number of nitrogens with zero attached hydrogens (tertiary/aromatic N) is 1. The molecule has 2 N–H and O–H groups in total. The van der Waals surface area contributed by atoms with Crippen molar-refractivity contribution in [1.82, 2.24) is 15.0 Å². The van der Waals surface area contributed by atoms with Crippen LogP contribution < -0.4 is 10.0 Å². The highest BCUT2D eigenvalue weighted by Crippen LogP contribution is 2.31. The van der Waals surface area contributed by atoms with Gasteiger partial charge in [-0.1, -0.05) is 29.3 Å². The van der Waals surface area contributed by atoms with E-state index in [4.69, 9.17) is 23.2 Å². The first kappa shape index (κ1) is 20.6. The molecule has 2 aromatic rings. The van der Waals surface area contributed by atoms with Crippen LogP contribution in [0.2, 0.25) is 10.0 Å². The summed E-state index contributed by atoms with van der Waals surface area (Å²) in [5.41, 5.74) is 0.557. The van der Waals surface area contributed by atoms with Crippen LogP contribution in [0.1, 0.15) is 42.9 Å². The Labute approximate surface area is 163 Å². The molecule has 2 rings (SSSR count). The number of hydrogen-bond acceptors (Lipinski definition) is 4. The molecule has 1 amide bonds. The van der Waals surface area contributed by atoms with E-state index in [0.29, 0.717) is 5.69 Å². The van der Waals surface area contributed by atoms with Gasteiger partial charge in [0.2, 0.25) is 10.0 Å². The van der Waals surface area contributed by atoms with Gasteiger partial charge in [-0.2, -0.15) is 0 Å². The quantitative estimate of drug-likeness (QED) is 0.754. The van der Waals surface area contributed by atoms with Gasteiger partial charge < -0.3 is 5.32 Å². The zero-order valence-corrected chi connectivity index (χ0v) is 16.8. The van der Waals surface area contributed by atoms with Crippen molar-refractivity contribution in [2.75, 3.05) is 0 Å². The van der Waals surface area contributed by atoms with Gasteiger partial charge in [0, 0.05) is 12.2 Å². The third kappa shape index (κ3) is 4.73.